The smallest absolute Gasteiger partial charge is 0.165 e. The molecule has 46 valence electrons. The minimum Gasteiger partial charge on any atom is -0.295 e. The van der Waals surface area contributed by atoms with E-state index in [1.807, 2.05) is 0 Å². The van der Waals surface area contributed by atoms with Gasteiger partial charge in [0.1, 0.15) is 7.85 Å². The summed E-state index contributed by atoms with van der Waals surface area (Å²) in [6.45, 7) is 1.70. The number of rotatable bonds is 0. The number of Topliss-reactive ketones (excluding diaryl/α,β-unsaturated/α-hetero) is 2. The van der Waals surface area contributed by atoms with Crippen LogP contribution in [0.3, 0.4) is 0 Å². The first-order chi connectivity index (χ1) is 4.13. The van der Waals surface area contributed by atoms with E-state index in [-0.39, 0.29) is 18.0 Å². The maximum absolute atomic E-state index is 10.7. The molecule has 0 aliphatic heterocycles. The molecule has 0 unspecified atom stereocenters. The van der Waals surface area contributed by atoms with Crippen LogP contribution < -0.4 is 0 Å². The van der Waals surface area contributed by atoms with Gasteiger partial charge in [-0.05, 0) is 18.0 Å². The Bertz CT molecular complexity index is 193. The number of allylic oxidation sites excluding steroid dienone is 2. The van der Waals surface area contributed by atoms with Crippen LogP contribution in [0.1, 0.15) is 13.3 Å². The van der Waals surface area contributed by atoms with Crippen molar-refractivity contribution in [1.29, 1.82) is 0 Å². The van der Waals surface area contributed by atoms with Crippen LogP contribution in [0.15, 0.2) is 11.0 Å². The summed E-state index contributed by atoms with van der Waals surface area (Å²) in [5, 5.41) is 0. The molecule has 3 heteroatoms. The predicted molar refractivity (Wildman–Crippen MR) is 35.9 cm³/mol. The predicted octanol–water partition coefficient (Wildman–Crippen LogP) is -0.565. The van der Waals surface area contributed by atoms with E-state index < -0.39 is 0 Å². The van der Waals surface area contributed by atoms with Crippen molar-refractivity contribution in [2.75, 3.05) is 0 Å². The van der Waals surface area contributed by atoms with Gasteiger partial charge in [-0.3, -0.25) is 9.59 Å². The first-order valence-electron chi connectivity index (χ1n) is 2.87. The molecule has 0 aromatic carbocycles. The van der Waals surface area contributed by atoms with Gasteiger partial charge in [0.05, 0.1) is 6.42 Å². The zero-order chi connectivity index (χ0) is 7.02. The van der Waals surface area contributed by atoms with Gasteiger partial charge >= 0.3 is 0 Å². The monoisotopic (exact) mass is 122 g/mol. The molecule has 0 aromatic heterocycles. The van der Waals surface area contributed by atoms with Crippen LogP contribution in [0, 0.1) is 0 Å². The molecule has 0 fully saturated rings. The fourth-order valence-corrected chi connectivity index (χ4v) is 0.829. The van der Waals surface area contributed by atoms with Gasteiger partial charge in [-0.15, -0.1) is 0 Å². The van der Waals surface area contributed by atoms with Crippen molar-refractivity contribution in [3.05, 3.63) is 11.0 Å². The van der Waals surface area contributed by atoms with Crippen LogP contribution in [0.2, 0.25) is 0 Å². The van der Waals surface area contributed by atoms with Gasteiger partial charge in [-0.2, -0.15) is 0 Å². The Morgan fingerprint density at radius 2 is 1.89 bits per heavy atom. The Hall–Kier alpha value is -0.855. The molecule has 0 saturated carbocycles. The summed E-state index contributed by atoms with van der Waals surface area (Å²) in [6, 6.07) is 0. The van der Waals surface area contributed by atoms with Crippen LogP contribution in [0.25, 0.3) is 0 Å². The molecule has 1 rings (SSSR count). The fraction of sp³-hybridized carbons (Fsp3) is 0.333. The second-order valence-electron chi connectivity index (χ2n) is 2.27. The maximum atomic E-state index is 10.7. The van der Waals surface area contributed by atoms with E-state index in [0.717, 1.165) is 0 Å². The summed E-state index contributed by atoms with van der Waals surface area (Å²) >= 11 is 0. The molecule has 1 aliphatic rings. The molecule has 0 radical (unpaired) electrons. The Labute approximate surface area is 54.3 Å². The van der Waals surface area contributed by atoms with E-state index in [0.29, 0.717) is 11.0 Å². The minimum absolute atomic E-state index is 0.0162. The van der Waals surface area contributed by atoms with E-state index in [4.69, 9.17) is 0 Å². The van der Waals surface area contributed by atoms with Gasteiger partial charge in [0.25, 0.3) is 0 Å². The maximum Gasteiger partial charge on any atom is 0.165 e. The molecule has 9 heavy (non-hydrogen) atoms. The standard InChI is InChI=1S/C6H7BO2/c1-3-4(8)2-5(9)6(3)7/h2,7H2,1H3. The van der Waals surface area contributed by atoms with Crippen molar-refractivity contribution < 1.29 is 9.59 Å². The van der Waals surface area contributed by atoms with Gasteiger partial charge in [-0.1, -0.05) is 0 Å². The molecule has 0 bridgehead atoms. The topological polar surface area (TPSA) is 34.1 Å². The van der Waals surface area contributed by atoms with Crippen LogP contribution >= 0.6 is 0 Å². The first-order valence-corrected chi connectivity index (χ1v) is 2.87. The third-order valence-electron chi connectivity index (χ3n) is 1.72. The van der Waals surface area contributed by atoms with Gasteiger partial charge in [0.15, 0.2) is 11.6 Å². The minimum atomic E-state index is -0.0162. The van der Waals surface area contributed by atoms with E-state index in [1.165, 1.54) is 0 Å². The summed E-state index contributed by atoms with van der Waals surface area (Å²) < 4.78 is 0. The molecule has 0 amide bonds. The Morgan fingerprint density at radius 1 is 1.33 bits per heavy atom. The van der Waals surface area contributed by atoms with E-state index in [2.05, 4.69) is 0 Å². The van der Waals surface area contributed by atoms with Crippen molar-refractivity contribution in [1.82, 2.24) is 0 Å². The van der Waals surface area contributed by atoms with Gasteiger partial charge in [0.2, 0.25) is 0 Å². The lowest BCUT2D eigenvalue weighted by molar-refractivity contribution is -0.120. The van der Waals surface area contributed by atoms with Crippen LogP contribution in [-0.2, 0) is 9.59 Å². The molecule has 0 aromatic rings. The van der Waals surface area contributed by atoms with E-state index in [1.54, 1.807) is 14.8 Å². The van der Waals surface area contributed by atoms with Crippen molar-refractivity contribution >= 4 is 19.4 Å². The summed E-state index contributed by atoms with van der Waals surface area (Å²) in [5.74, 6) is -0.0324. The number of hydrogen-bond acceptors (Lipinski definition) is 2. The average molecular weight is 122 g/mol. The van der Waals surface area contributed by atoms with Gasteiger partial charge in [0, 0.05) is 0 Å². The normalized spacial score (nSPS) is 19.7. The highest BCUT2D eigenvalue weighted by Gasteiger charge is 2.22. The second-order valence-corrected chi connectivity index (χ2v) is 2.27. The number of carbonyl (C=O) groups is 2. The molecule has 1 aliphatic carbocycles. The summed E-state index contributed by atoms with van der Waals surface area (Å²) in [5.41, 5.74) is 1.28. The molecule has 0 N–H and O–H groups in total. The number of hydrogen-bond donors (Lipinski definition) is 0. The number of carbonyl (C=O) groups excluding carboxylic acids is 2. The van der Waals surface area contributed by atoms with E-state index in [9.17, 15) is 9.59 Å². The SMILES string of the molecule is BC1=C(C)C(=O)CC1=O. The van der Waals surface area contributed by atoms with E-state index >= 15 is 0 Å². The largest absolute Gasteiger partial charge is 0.295 e. The van der Waals surface area contributed by atoms with Crippen molar-refractivity contribution in [2.45, 2.75) is 13.3 Å². The average Bonchev–Trinajstić information content (AvgIpc) is 1.98. The van der Waals surface area contributed by atoms with Crippen molar-refractivity contribution in [2.24, 2.45) is 0 Å². The van der Waals surface area contributed by atoms with Crippen LogP contribution in [0.4, 0.5) is 0 Å². The summed E-state index contributed by atoms with van der Waals surface area (Å²) in [6.07, 6.45) is 0.0949. The van der Waals surface area contributed by atoms with Crippen molar-refractivity contribution in [3.8, 4) is 0 Å². The third kappa shape index (κ3) is 0.825. The highest BCUT2D eigenvalue weighted by Crippen LogP contribution is 2.15. The molecule has 0 atom stereocenters. The highest BCUT2D eigenvalue weighted by molar-refractivity contribution is 6.44. The zero-order valence-corrected chi connectivity index (χ0v) is 5.52. The summed E-state index contributed by atoms with van der Waals surface area (Å²) in [4.78, 5) is 21.4. The molecule has 0 heterocycles. The van der Waals surface area contributed by atoms with Crippen molar-refractivity contribution in [3.63, 3.8) is 0 Å². The molecule has 0 saturated heterocycles. The third-order valence-corrected chi connectivity index (χ3v) is 1.72. The quantitative estimate of drug-likeness (QED) is 0.318. The lowest BCUT2D eigenvalue weighted by Gasteiger charge is -1.85. The molecule has 2 nitrogen and oxygen atoms in total. The summed E-state index contributed by atoms with van der Waals surface area (Å²) in [7, 11) is 1.70. The fourth-order valence-electron chi connectivity index (χ4n) is 0.829. The first kappa shape index (κ1) is 6.27. The van der Waals surface area contributed by atoms with Crippen LogP contribution in [-0.4, -0.2) is 19.4 Å². The number of ketones is 2. The Kier molecular flexibility index (Phi) is 1.27. The second kappa shape index (κ2) is 1.83. The molecular formula is C6H7BO2. The zero-order valence-electron chi connectivity index (χ0n) is 5.52. The Morgan fingerprint density at radius 3 is 2.00 bits per heavy atom. The Balaban J connectivity index is 3.06. The molecule has 0 spiro atoms. The van der Waals surface area contributed by atoms with Crippen LogP contribution in [0.5, 0.6) is 0 Å². The highest BCUT2D eigenvalue weighted by atomic mass is 16.2. The van der Waals surface area contributed by atoms with Gasteiger partial charge in [-0.25, -0.2) is 0 Å². The van der Waals surface area contributed by atoms with Gasteiger partial charge < -0.3 is 0 Å². The lowest BCUT2D eigenvalue weighted by atomic mass is 9.92. The molecular weight excluding hydrogens is 115 g/mol. The lowest BCUT2D eigenvalue weighted by Crippen LogP contribution is -1.96.